The molecule has 0 aliphatic carbocycles. The maximum Gasteiger partial charge on any atom is 0.224 e. The fraction of sp³-hybridized carbons (Fsp3) is 0.143. The molecule has 4 aromatic rings. The normalized spacial score (nSPS) is 12.4. The van der Waals surface area contributed by atoms with E-state index in [-0.39, 0.29) is 0 Å². The van der Waals surface area contributed by atoms with Gasteiger partial charge in [-0.1, -0.05) is 0 Å². The monoisotopic (exact) mass is 763 g/mol. The van der Waals surface area contributed by atoms with Crippen molar-refractivity contribution in [2.75, 3.05) is 6.61 Å². The maximum atomic E-state index is 16.3. The summed E-state index contributed by atoms with van der Waals surface area (Å²) in [6.07, 6.45) is -7.13. The highest BCUT2D eigenvalue weighted by molar-refractivity contribution is 7.20. The number of benzene rings is 4. The Balaban J connectivity index is 2.67. The van der Waals surface area contributed by atoms with E-state index in [0.29, 0.717) is 0 Å². The molecule has 0 heterocycles. The predicted octanol–water partition coefficient (Wildman–Crippen LogP) is 6.16. The van der Waals surface area contributed by atoms with Crippen molar-refractivity contribution < 1.29 is 87.8 Å². The summed E-state index contributed by atoms with van der Waals surface area (Å²) in [5, 5.41) is -1.80. The second-order valence-electron chi connectivity index (χ2n) is 10.8. The molecule has 0 saturated heterocycles. The Hall–Kier alpha value is -4.21. The molecule has 0 bridgehead atoms. The third kappa shape index (κ3) is 5.07. The van der Waals surface area contributed by atoms with Gasteiger partial charge in [0.15, 0.2) is 64.0 Å². The summed E-state index contributed by atoms with van der Waals surface area (Å²) >= 11 is 0. The standard InChI is InChI=1S/C28H11BF19OSi/c1-4-49-50(2,3)28-26(47)15(36)8(16(37)27(28)48)29(5-9(30)17(38)23(44)18(39)10(5)31,6-11(32)19(40)24(45)20(41)12(6)33)7-13(34)21(42)25(46)22(43)14(7)35/h4H2,1-3H3/q-1. The molecule has 0 amide bonds. The van der Waals surface area contributed by atoms with Gasteiger partial charge in [-0.15, -0.1) is 21.9 Å². The fourth-order valence-electron chi connectivity index (χ4n) is 5.86. The zero-order valence-corrected chi connectivity index (χ0v) is 25.4. The fourth-order valence-corrected chi connectivity index (χ4v) is 8.01. The SMILES string of the molecule is CCO[Si](C)(C)c1c(F)c(F)c([B-](c2c(F)c(F)c(F)c(F)c2F)(c2c(F)c(F)c(F)c(F)c2F)c2c(F)c(F)c(F)c(F)c2F)c(F)c1F. The van der Waals surface area contributed by atoms with E-state index in [2.05, 4.69) is 0 Å². The van der Waals surface area contributed by atoms with Gasteiger partial charge in [0.05, 0.1) is 0 Å². The zero-order valence-electron chi connectivity index (χ0n) is 24.4. The zero-order chi connectivity index (χ0) is 38.3. The molecular formula is C28H11BF19OSi-. The van der Waals surface area contributed by atoms with Crippen LogP contribution in [0.5, 0.6) is 0 Å². The molecule has 0 unspecified atom stereocenters. The first kappa shape index (κ1) is 38.6. The lowest BCUT2D eigenvalue weighted by Crippen LogP contribution is -2.81. The Morgan fingerprint density at radius 3 is 0.720 bits per heavy atom. The van der Waals surface area contributed by atoms with Gasteiger partial charge in [0.2, 0.25) is 8.32 Å². The predicted molar refractivity (Wildman–Crippen MR) is 138 cm³/mol. The molecule has 50 heavy (non-hydrogen) atoms. The average Bonchev–Trinajstić information content (AvgIpc) is 3.05. The molecule has 0 radical (unpaired) electrons. The summed E-state index contributed by atoms with van der Waals surface area (Å²) in [4.78, 5) is 0. The number of halogens is 19. The average molecular weight is 763 g/mol. The van der Waals surface area contributed by atoms with E-state index in [4.69, 9.17) is 4.43 Å². The van der Waals surface area contributed by atoms with Gasteiger partial charge in [-0.3, -0.25) is 0 Å². The van der Waals surface area contributed by atoms with E-state index in [9.17, 15) is 39.5 Å². The quantitative estimate of drug-likeness (QED) is 0.0951. The summed E-state index contributed by atoms with van der Waals surface area (Å²) in [6, 6.07) is 0. The molecule has 4 aromatic carbocycles. The number of hydrogen-bond donors (Lipinski definition) is 0. The van der Waals surface area contributed by atoms with Gasteiger partial charge in [0.25, 0.3) is 0 Å². The molecule has 4 rings (SSSR count). The van der Waals surface area contributed by atoms with Crippen LogP contribution in [0.4, 0.5) is 83.4 Å². The number of hydrogen-bond acceptors (Lipinski definition) is 1. The molecule has 1 nitrogen and oxygen atoms in total. The highest BCUT2D eigenvalue weighted by Crippen LogP contribution is 2.30. The molecular weight excluding hydrogens is 752 g/mol. The van der Waals surface area contributed by atoms with Crippen molar-refractivity contribution in [2.45, 2.75) is 20.0 Å². The van der Waals surface area contributed by atoms with E-state index in [1.807, 2.05) is 0 Å². The van der Waals surface area contributed by atoms with Crippen molar-refractivity contribution in [3.05, 3.63) is 111 Å². The molecule has 270 valence electrons. The second kappa shape index (κ2) is 12.8. The molecule has 22 heteroatoms. The van der Waals surface area contributed by atoms with Crippen molar-refractivity contribution in [1.29, 1.82) is 0 Å². The van der Waals surface area contributed by atoms with E-state index < -0.39 is 159 Å². The van der Waals surface area contributed by atoms with Crippen LogP contribution in [0.3, 0.4) is 0 Å². The van der Waals surface area contributed by atoms with Crippen molar-refractivity contribution >= 4 is 41.5 Å². The third-order valence-corrected chi connectivity index (χ3v) is 10.5. The minimum Gasteiger partial charge on any atom is -0.413 e. The Kier molecular flexibility index (Phi) is 9.91. The Labute approximate surface area is 266 Å². The first-order chi connectivity index (χ1) is 23.0. The lowest BCUT2D eigenvalue weighted by Gasteiger charge is -2.45. The van der Waals surface area contributed by atoms with Crippen LogP contribution in [0.2, 0.25) is 13.1 Å². The molecule has 0 saturated carbocycles. The second-order valence-corrected chi connectivity index (χ2v) is 14.6. The van der Waals surface area contributed by atoms with Gasteiger partial charge in [-0.25, -0.2) is 83.4 Å². The highest BCUT2D eigenvalue weighted by Gasteiger charge is 2.53. The summed E-state index contributed by atoms with van der Waals surface area (Å²) in [7, 11) is -4.37. The van der Waals surface area contributed by atoms with Crippen LogP contribution >= 0.6 is 0 Å². The van der Waals surface area contributed by atoms with Crippen molar-refractivity contribution in [1.82, 2.24) is 0 Å². The van der Waals surface area contributed by atoms with E-state index in [1.54, 1.807) is 0 Å². The minimum atomic E-state index is -7.13. The Bertz CT molecular complexity index is 1830. The van der Waals surface area contributed by atoms with Gasteiger partial charge >= 0.3 is 0 Å². The van der Waals surface area contributed by atoms with Gasteiger partial charge in [-0.05, 0) is 20.0 Å². The number of rotatable bonds is 7. The van der Waals surface area contributed by atoms with Crippen LogP contribution in [0.25, 0.3) is 0 Å². The first-order valence-electron chi connectivity index (χ1n) is 13.2. The van der Waals surface area contributed by atoms with Crippen LogP contribution < -0.4 is 27.0 Å². The lowest BCUT2D eigenvalue weighted by atomic mass is 9.12. The summed E-state index contributed by atoms with van der Waals surface area (Å²) in [5.74, 6) is -65.0. The van der Waals surface area contributed by atoms with Gasteiger partial charge in [0, 0.05) is 11.8 Å². The summed E-state index contributed by atoms with van der Waals surface area (Å²) < 4.78 is 295. The van der Waals surface area contributed by atoms with Gasteiger partial charge in [0.1, 0.15) is 52.7 Å². The van der Waals surface area contributed by atoms with E-state index in [1.165, 1.54) is 0 Å². The summed E-state index contributed by atoms with van der Waals surface area (Å²) in [5.41, 5.74) is -13.8. The van der Waals surface area contributed by atoms with Crippen LogP contribution in [0.15, 0.2) is 0 Å². The van der Waals surface area contributed by atoms with Crippen LogP contribution in [0.1, 0.15) is 6.92 Å². The van der Waals surface area contributed by atoms with Gasteiger partial charge in [-0.2, -0.15) is 0 Å². The van der Waals surface area contributed by atoms with Crippen molar-refractivity contribution in [3.63, 3.8) is 0 Å². The molecule has 0 fully saturated rings. The van der Waals surface area contributed by atoms with Crippen LogP contribution in [0, 0.1) is 111 Å². The topological polar surface area (TPSA) is 9.23 Å². The molecule has 0 aliphatic rings. The van der Waals surface area contributed by atoms with Crippen molar-refractivity contribution in [2.24, 2.45) is 0 Å². The molecule has 0 aromatic heterocycles. The Morgan fingerprint density at radius 1 is 0.340 bits per heavy atom. The highest BCUT2D eigenvalue weighted by atomic mass is 28.4. The summed E-state index contributed by atoms with van der Waals surface area (Å²) in [6.45, 7) is 2.27. The maximum absolute atomic E-state index is 16.3. The minimum absolute atomic E-state index is 0.489. The largest absolute Gasteiger partial charge is 0.413 e. The molecule has 0 spiro atoms. The van der Waals surface area contributed by atoms with Crippen molar-refractivity contribution in [3.8, 4) is 0 Å². The first-order valence-corrected chi connectivity index (χ1v) is 16.1. The van der Waals surface area contributed by atoms with E-state index >= 15 is 43.9 Å². The lowest BCUT2D eigenvalue weighted by molar-refractivity contribution is 0.335. The molecule has 0 atom stereocenters. The third-order valence-electron chi connectivity index (χ3n) is 7.87. The van der Waals surface area contributed by atoms with Gasteiger partial charge < -0.3 is 4.43 Å². The smallest absolute Gasteiger partial charge is 0.224 e. The van der Waals surface area contributed by atoms with Crippen LogP contribution in [-0.4, -0.2) is 21.1 Å². The molecule has 0 N–H and O–H groups in total. The molecule has 0 aliphatic heterocycles. The van der Waals surface area contributed by atoms with E-state index in [0.717, 1.165) is 20.0 Å². The van der Waals surface area contributed by atoms with Crippen LogP contribution in [-0.2, 0) is 4.43 Å². The Morgan fingerprint density at radius 2 is 0.520 bits per heavy atom.